The molecule has 90 valence electrons. The van der Waals surface area contributed by atoms with Gasteiger partial charge in [-0.3, -0.25) is 0 Å². The molecule has 0 fully saturated rings. The lowest BCUT2D eigenvalue weighted by Crippen LogP contribution is -2.19. The summed E-state index contributed by atoms with van der Waals surface area (Å²) in [6.45, 7) is 0. The SMILES string of the molecule is O=C(O)C1CC(c2cccc3ccccc23)=NO1. The lowest BCUT2D eigenvalue weighted by atomic mass is 9.98. The standard InChI is InChI=1S/C14H11NO3/c16-14(17)13-8-12(15-18-13)11-7-3-5-9-4-1-2-6-10(9)11/h1-7,13H,8H2,(H,16,17). The molecule has 2 aromatic carbocycles. The number of nitrogens with zero attached hydrogens (tertiary/aromatic N) is 1. The van der Waals surface area contributed by atoms with Crippen LogP contribution in [0.1, 0.15) is 12.0 Å². The molecule has 0 amide bonds. The number of rotatable bonds is 2. The third kappa shape index (κ3) is 1.72. The van der Waals surface area contributed by atoms with Crippen LogP contribution in [0.4, 0.5) is 0 Å². The van der Waals surface area contributed by atoms with Crippen LogP contribution in [0.3, 0.4) is 0 Å². The van der Waals surface area contributed by atoms with Crippen molar-refractivity contribution in [3.63, 3.8) is 0 Å². The first-order chi connectivity index (χ1) is 8.75. The number of benzene rings is 2. The van der Waals surface area contributed by atoms with Gasteiger partial charge in [0.05, 0.1) is 5.71 Å². The van der Waals surface area contributed by atoms with Crippen LogP contribution in [0.2, 0.25) is 0 Å². The molecule has 18 heavy (non-hydrogen) atoms. The smallest absolute Gasteiger partial charge is 0.348 e. The maximum Gasteiger partial charge on any atom is 0.348 e. The Labute approximate surface area is 103 Å². The van der Waals surface area contributed by atoms with Crippen molar-refractivity contribution in [3.8, 4) is 0 Å². The van der Waals surface area contributed by atoms with E-state index in [0.717, 1.165) is 16.3 Å². The molecule has 1 aliphatic rings. The average molecular weight is 241 g/mol. The predicted molar refractivity (Wildman–Crippen MR) is 67.6 cm³/mol. The zero-order chi connectivity index (χ0) is 12.5. The first kappa shape index (κ1) is 10.8. The van der Waals surface area contributed by atoms with Gasteiger partial charge in [0, 0.05) is 12.0 Å². The number of hydrogen-bond acceptors (Lipinski definition) is 3. The average Bonchev–Trinajstić information content (AvgIpc) is 2.87. The van der Waals surface area contributed by atoms with Crippen molar-refractivity contribution in [2.45, 2.75) is 12.5 Å². The summed E-state index contributed by atoms with van der Waals surface area (Å²) in [4.78, 5) is 15.8. The van der Waals surface area contributed by atoms with E-state index in [1.807, 2.05) is 42.5 Å². The van der Waals surface area contributed by atoms with E-state index in [1.54, 1.807) is 0 Å². The molecule has 0 saturated heterocycles. The Kier molecular flexibility index (Phi) is 2.48. The van der Waals surface area contributed by atoms with Gasteiger partial charge in [-0.25, -0.2) is 4.79 Å². The Balaban J connectivity index is 2.03. The predicted octanol–water partition coefficient (Wildman–Crippen LogP) is 2.42. The number of oxime groups is 1. The number of carbonyl (C=O) groups is 1. The second kappa shape index (κ2) is 4.14. The molecule has 2 aromatic rings. The largest absolute Gasteiger partial charge is 0.478 e. The summed E-state index contributed by atoms with van der Waals surface area (Å²) < 4.78 is 0. The number of aliphatic carboxylic acids is 1. The molecule has 0 aromatic heterocycles. The molecule has 4 nitrogen and oxygen atoms in total. The highest BCUT2D eigenvalue weighted by atomic mass is 16.7. The molecule has 1 atom stereocenters. The van der Waals surface area contributed by atoms with Gasteiger partial charge in [0.1, 0.15) is 0 Å². The third-order valence-electron chi connectivity index (χ3n) is 3.04. The van der Waals surface area contributed by atoms with Crippen molar-refractivity contribution in [1.29, 1.82) is 0 Å². The zero-order valence-corrected chi connectivity index (χ0v) is 9.54. The summed E-state index contributed by atoms with van der Waals surface area (Å²) in [5.41, 5.74) is 1.64. The minimum absolute atomic E-state index is 0.309. The van der Waals surface area contributed by atoms with Crippen LogP contribution in [0.15, 0.2) is 47.6 Å². The molecular formula is C14H11NO3. The van der Waals surface area contributed by atoms with Crippen LogP contribution in [0.25, 0.3) is 10.8 Å². The Morgan fingerprint density at radius 3 is 2.78 bits per heavy atom. The van der Waals surface area contributed by atoms with Gasteiger partial charge in [-0.1, -0.05) is 47.6 Å². The summed E-state index contributed by atoms with van der Waals surface area (Å²) in [6, 6.07) is 13.8. The molecule has 3 rings (SSSR count). The molecule has 0 bridgehead atoms. The van der Waals surface area contributed by atoms with Crippen molar-refractivity contribution in [3.05, 3.63) is 48.0 Å². The van der Waals surface area contributed by atoms with Crippen LogP contribution in [0, 0.1) is 0 Å². The van der Waals surface area contributed by atoms with Gasteiger partial charge in [0.25, 0.3) is 0 Å². The van der Waals surface area contributed by atoms with E-state index in [0.29, 0.717) is 12.1 Å². The van der Waals surface area contributed by atoms with E-state index in [1.165, 1.54) is 0 Å². The summed E-state index contributed by atoms with van der Waals surface area (Å²) in [6.07, 6.45) is -0.553. The van der Waals surface area contributed by atoms with Crippen LogP contribution in [-0.4, -0.2) is 22.9 Å². The number of hydrogen-bond donors (Lipinski definition) is 1. The molecule has 0 saturated carbocycles. The van der Waals surface area contributed by atoms with Crippen LogP contribution in [-0.2, 0) is 9.63 Å². The quantitative estimate of drug-likeness (QED) is 0.878. The summed E-state index contributed by atoms with van der Waals surface area (Å²) in [7, 11) is 0. The van der Waals surface area contributed by atoms with Crippen molar-refractivity contribution in [2.75, 3.05) is 0 Å². The summed E-state index contributed by atoms with van der Waals surface area (Å²) in [5, 5.41) is 15.0. The molecule has 0 spiro atoms. The van der Waals surface area contributed by atoms with Gasteiger partial charge in [-0.15, -0.1) is 0 Å². The summed E-state index contributed by atoms with van der Waals surface area (Å²) >= 11 is 0. The number of carboxylic acid groups (broad SMARTS) is 1. The van der Waals surface area contributed by atoms with Crippen LogP contribution in [0.5, 0.6) is 0 Å². The van der Waals surface area contributed by atoms with E-state index in [2.05, 4.69) is 5.16 Å². The highest BCUT2D eigenvalue weighted by Gasteiger charge is 2.28. The van der Waals surface area contributed by atoms with Crippen LogP contribution < -0.4 is 0 Å². The monoisotopic (exact) mass is 241 g/mol. The van der Waals surface area contributed by atoms with Crippen molar-refractivity contribution >= 4 is 22.5 Å². The Morgan fingerprint density at radius 1 is 1.22 bits per heavy atom. The van der Waals surface area contributed by atoms with E-state index in [4.69, 9.17) is 9.94 Å². The number of fused-ring (bicyclic) bond motifs is 1. The molecular weight excluding hydrogens is 230 g/mol. The Hall–Kier alpha value is -2.36. The van der Waals surface area contributed by atoms with E-state index < -0.39 is 12.1 Å². The van der Waals surface area contributed by atoms with Crippen molar-refractivity contribution in [1.82, 2.24) is 0 Å². The van der Waals surface area contributed by atoms with E-state index >= 15 is 0 Å². The van der Waals surface area contributed by atoms with Gasteiger partial charge < -0.3 is 9.94 Å². The second-order valence-corrected chi connectivity index (χ2v) is 4.20. The van der Waals surface area contributed by atoms with E-state index in [-0.39, 0.29) is 0 Å². The third-order valence-corrected chi connectivity index (χ3v) is 3.04. The molecule has 1 aliphatic heterocycles. The first-order valence-electron chi connectivity index (χ1n) is 5.69. The molecule has 1 N–H and O–H groups in total. The first-order valence-corrected chi connectivity index (χ1v) is 5.69. The fourth-order valence-corrected chi connectivity index (χ4v) is 2.15. The fraction of sp³-hybridized carbons (Fsp3) is 0.143. The van der Waals surface area contributed by atoms with Gasteiger partial charge in [0.2, 0.25) is 6.10 Å². The fourth-order valence-electron chi connectivity index (χ4n) is 2.15. The topological polar surface area (TPSA) is 58.9 Å². The van der Waals surface area contributed by atoms with Crippen LogP contribution >= 0.6 is 0 Å². The van der Waals surface area contributed by atoms with E-state index in [9.17, 15) is 4.79 Å². The van der Waals surface area contributed by atoms with Gasteiger partial charge >= 0.3 is 5.97 Å². The minimum Gasteiger partial charge on any atom is -0.478 e. The maximum absolute atomic E-state index is 10.8. The second-order valence-electron chi connectivity index (χ2n) is 4.20. The lowest BCUT2D eigenvalue weighted by Gasteiger charge is -2.04. The summed E-state index contributed by atoms with van der Waals surface area (Å²) in [5.74, 6) is -0.978. The number of carboxylic acids is 1. The maximum atomic E-state index is 10.8. The Morgan fingerprint density at radius 2 is 2.00 bits per heavy atom. The van der Waals surface area contributed by atoms with Gasteiger partial charge in [0.15, 0.2) is 0 Å². The molecule has 0 radical (unpaired) electrons. The highest BCUT2D eigenvalue weighted by molar-refractivity contribution is 6.12. The van der Waals surface area contributed by atoms with Gasteiger partial charge in [-0.05, 0) is 10.8 Å². The molecule has 4 heteroatoms. The molecule has 1 heterocycles. The van der Waals surface area contributed by atoms with Crippen molar-refractivity contribution in [2.24, 2.45) is 5.16 Å². The minimum atomic E-state index is -0.978. The normalized spacial score (nSPS) is 18.4. The molecule has 1 unspecified atom stereocenters. The van der Waals surface area contributed by atoms with Gasteiger partial charge in [-0.2, -0.15) is 0 Å². The van der Waals surface area contributed by atoms with Crippen molar-refractivity contribution < 1.29 is 14.7 Å². The Bertz CT molecular complexity index is 643. The zero-order valence-electron chi connectivity index (χ0n) is 9.54. The lowest BCUT2D eigenvalue weighted by molar-refractivity contribution is -0.148. The highest BCUT2D eigenvalue weighted by Crippen LogP contribution is 2.24. The molecule has 0 aliphatic carbocycles.